The van der Waals surface area contributed by atoms with Gasteiger partial charge in [-0.2, -0.15) is 0 Å². The quantitative estimate of drug-likeness (QED) is 0.600. The van der Waals surface area contributed by atoms with Crippen molar-refractivity contribution in [2.45, 2.75) is 45.8 Å². The number of carbonyl (C=O) groups excluding carboxylic acids is 1. The minimum atomic E-state index is -1.04. The summed E-state index contributed by atoms with van der Waals surface area (Å²) in [7, 11) is 0. The standard InChI is InChI=1S/C10H19NO4/c1-4-6(2)9(10(14)15)11-8(13)5-7(3)12/h6-7,9,12H,4-5H2,1-3H3,(H,11,13)(H,14,15). The molecule has 5 nitrogen and oxygen atoms in total. The summed E-state index contributed by atoms with van der Waals surface area (Å²) in [6, 6.07) is -0.874. The van der Waals surface area contributed by atoms with Crippen LogP contribution in [-0.2, 0) is 9.59 Å². The van der Waals surface area contributed by atoms with Gasteiger partial charge in [0.15, 0.2) is 0 Å². The number of aliphatic hydroxyl groups excluding tert-OH is 1. The lowest BCUT2D eigenvalue weighted by Crippen LogP contribution is -2.45. The molecule has 3 atom stereocenters. The topological polar surface area (TPSA) is 86.6 Å². The first-order chi connectivity index (χ1) is 6.88. The second-order valence-corrected chi connectivity index (χ2v) is 3.82. The number of hydrogen-bond donors (Lipinski definition) is 3. The Morgan fingerprint density at radius 3 is 2.20 bits per heavy atom. The fourth-order valence-electron chi connectivity index (χ4n) is 1.18. The molecule has 1 amide bonds. The number of carboxylic acid groups (broad SMARTS) is 1. The molecule has 3 N–H and O–H groups in total. The highest BCUT2D eigenvalue weighted by Crippen LogP contribution is 2.08. The first kappa shape index (κ1) is 13.9. The van der Waals surface area contributed by atoms with Gasteiger partial charge >= 0.3 is 5.97 Å². The van der Waals surface area contributed by atoms with Crippen molar-refractivity contribution in [1.82, 2.24) is 5.32 Å². The van der Waals surface area contributed by atoms with Gasteiger partial charge in [0.05, 0.1) is 12.5 Å². The van der Waals surface area contributed by atoms with Crippen molar-refractivity contribution < 1.29 is 19.8 Å². The normalized spacial score (nSPS) is 16.5. The number of carboxylic acids is 1. The molecule has 15 heavy (non-hydrogen) atoms. The lowest BCUT2D eigenvalue weighted by molar-refractivity contribution is -0.143. The van der Waals surface area contributed by atoms with E-state index in [0.717, 1.165) is 0 Å². The summed E-state index contributed by atoms with van der Waals surface area (Å²) in [4.78, 5) is 22.1. The lowest BCUT2D eigenvalue weighted by atomic mass is 9.99. The van der Waals surface area contributed by atoms with E-state index in [9.17, 15) is 9.59 Å². The van der Waals surface area contributed by atoms with Crippen molar-refractivity contribution in [2.75, 3.05) is 0 Å². The van der Waals surface area contributed by atoms with Gasteiger partial charge in [-0.1, -0.05) is 20.3 Å². The van der Waals surface area contributed by atoms with E-state index in [2.05, 4.69) is 5.32 Å². The van der Waals surface area contributed by atoms with E-state index < -0.39 is 24.0 Å². The molecule has 0 radical (unpaired) electrons. The monoisotopic (exact) mass is 217 g/mol. The summed E-state index contributed by atoms with van der Waals surface area (Å²) in [5.41, 5.74) is 0. The van der Waals surface area contributed by atoms with Crippen LogP contribution in [0.3, 0.4) is 0 Å². The lowest BCUT2D eigenvalue weighted by Gasteiger charge is -2.20. The number of rotatable bonds is 6. The van der Waals surface area contributed by atoms with Gasteiger partial charge in [-0.3, -0.25) is 4.79 Å². The molecule has 0 aliphatic heterocycles. The van der Waals surface area contributed by atoms with Gasteiger partial charge < -0.3 is 15.5 Å². The van der Waals surface area contributed by atoms with Gasteiger partial charge in [0, 0.05) is 0 Å². The third kappa shape index (κ3) is 5.37. The fraction of sp³-hybridized carbons (Fsp3) is 0.800. The summed E-state index contributed by atoms with van der Waals surface area (Å²) in [5, 5.41) is 20.2. The van der Waals surface area contributed by atoms with Crippen molar-refractivity contribution in [2.24, 2.45) is 5.92 Å². The van der Waals surface area contributed by atoms with Crippen LogP contribution >= 0.6 is 0 Å². The predicted molar refractivity (Wildman–Crippen MR) is 55.3 cm³/mol. The highest BCUT2D eigenvalue weighted by atomic mass is 16.4. The molecule has 0 aliphatic rings. The van der Waals surface area contributed by atoms with E-state index in [1.165, 1.54) is 6.92 Å². The summed E-state index contributed by atoms with van der Waals surface area (Å²) in [6.45, 7) is 5.11. The number of carbonyl (C=O) groups is 2. The van der Waals surface area contributed by atoms with Crippen LogP contribution in [-0.4, -0.2) is 34.2 Å². The first-order valence-corrected chi connectivity index (χ1v) is 5.08. The molecule has 3 unspecified atom stereocenters. The molecule has 0 aromatic carbocycles. The van der Waals surface area contributed by atoms with Crippen molar-refractivity contribution in [3.63, 3.8) is 0 Å². The van der Waals surface area contributed by atoms with E-state index in [1.54, 1.807) is 6.92 Å². The minimum Gasteiger partial charge on any atom is -0.480 e. The molecular formula is C10H19NO4. The molecule has 0 saturated heterocycles. The Balaban J connectivity index is 4.29. The number of aliphatic carboxylic acids is 1. The third-order valence-corrected chi connectivity index (χ3v) is 2.28. The molecule has 0 aromatic heterocycles. The summed E-state index contributed by atoms with van der Waals surface area (Å²) >= 11 is 0. The van der Waals surface area contributed by atoms with Crippen LogP contribution in [0.1, 0.15) is 33.6 Å². The van der Waals surface area contributed by atoms with Gasteiger partial charge in [0.1, 0.15) is 6.04 Å². The van der Waals surface area contributed by atoms with Crippen LogP contribution in [0.5, 0.6) is 0 Å². The van der Waals surface area contributed by atoms with Crippen molar-refractivity contribution in [3.8, 4) is 0 Å². The Morgan fingerprint density at radius 1 is 1.33 bits per heavy atom. The average molecular weight is 217 g/mol. The summed E-state index contributed by atoms with van der Waals surface area (Å²) in [5.74, 6) is -1.60. The van der Waals surface area contributed by atoms with Gasteiger partial charge in [-0.15, -0.1) is 0 Å². The van der Waals surface area contributed by atoms with Crippen molar-refractivity contribution >= 4 is 11.9 Å². The SMILES string of the molecule is CCC(C)C(NC(=O)CC(C)O)C(=O)O. The van der Waals surface area contributed by atoms with Crippen LogP contribution in [0.15, 0.2) is 0 Å². The highest BCUT2D eigenvalue weighted by molar-refractivity contribution is 5.83. The smallest absolute Gasteiger partial charge is 0.326 e. The van der Waals surface area contributed by atoms with Gasteiger partial charge in [-0.25, -0.2) is 4.79 Å². The molecular weight excluding hydrogens is 198 g/mol. The first-order valence-electron chi connectivity index (χ1n) is 5.08. The second kappa shape index (κ2) is 6.40. The maximum absolute atomic E-state index is 11.3. The number of nitrogens with one attached hydrogen (secondary N) is 1. The van der Waals surface area contributed by atoms with Crippen LogP contribution in [0.25, 0.3) is 0 Å². The van der Waals surface area contributed by atoms with Gasteiger partial charge in [0.2, 0.25) is 5.91 Å². The van der Waals surface area contributed by atoms with Crippen molar-refractivity contribution in [1.29, 1.82) is 0 Å². The zero-order valence-corrected chi connectivity index (χ0v) is 9.36. The summed E-state index contributed by atoms with van der Waals surface area (Å²) < 4.78 is 0. The Bertz CT molecular complexity index is 227. The third-order valence-electron chi connectivity index (χ3n) is 2.28. The molecule has 0 saturated carbocycles. The molecule has 0 aliphatic carbocycles. The molecule has 0 fully saturated rings. The zero-order valence-electron chi connectivity index (χ0n) is 9.36. The average Bonchev–Trinajstić information content (AvgIpc) is 2.11. The van der Waals surface area contributed by atoms with Crippen LogP contribution in [0.2, 0.25) is 0 Å². The van der Waals surface area contributed by atoms with E-state index in [-0.39, 0.29) is 12.3 Å². The largest absolute Gasteiger partial charge is 0.480 e. The van der Waals surface area contributed by atoms with E-state index in [4.69, 9.17) is 10.2 Å². The van der Waals surface area contributed by atoms with E-state index in [1.807, 2.05) is 6.92 Å². The second-order valence-electron chi connectivity index (χ2n) is 3.82. The Morgan fingerprint density at radius 2 is 1.87 bits per heavy atom. The van der Waals surface area contributed by atoms with Crippen LogP contribution < -0.4 is 5.32 Å². The highest BCUT2D eigenvalue weighted by Gasteiger charge is 2.25. The fourth-order valence-corrected chi connectivity index (χ4v) is 1.18. The van der Waals surface area contributed by atoms with E-state index in [0.29, 0.717) is 6.42 Å². The molecule has 0 aromatic rings. The van der Waals surface area contributed by atoms with Crippen LogP contribution in [0, 0.1) is 5.92 Å². The van der Waals surface area contributed by atoms with E-state index >= 15 is 0 Å². The maximum Gasteiger partial charge on any atom is 0.326 e. The predicted octanol–water partition coefficient (Wildman–Crippen LogP) is 0.373. The zero-order chi connectivity index (χ0) is 12.0. The molecule has 88 valence electrons. The molecule has 5 heteroatoms. The summed E-state index contributed by atoms with van der Waals surface area (Å²) in [6.07, 6.45) is -0.150. The van der Waals surface area contributed by atoms with Gasteiger partial charge in [0.25, 0.3) is 0 Å². The molecule has 0 bridgehead atoms. The maximum atomic E-state index is 11.3. The number of aliphatic hydroxyl groups is 1. The van der Waals surface area contributed by atoms with Crippen molar-refractivity contribution in [3.05, 3.63) is 0 Å². The Kier molecular flexibility index (Phi) is 5.93. The molecule has 0 heterocycles. The Hall–Kier alpha value is -1.10. The minimum absolute atomic E-state index is 0.0692. The molecule has 0 spiro atoms. The number of hydrogen-bond acceptors (Lipinski definition) is 3. The van der Waals surface area contributed by atoms with Crippen LogP contribution in [0.4, 0.5) is 0 Å². The Labute approximate surface area is 89.5 Å². The number of amides is 1. The molecule has 0 rings (SSSR count). The van der Waals surface area contributed by atoms with Gasteiger partial charge in [-0.05, 0) is 12.8 Å².